The van der Waals surface area contributed by atoms with Crippen molar-refractivity contribution in [2.45, 2.75) is 58.8 Å². The van der Waals surface area contributed by atoms with Crippen molar-refractivity contribution in [1.82, 2.24) is 14.9 Å². The van der Waals surface area contributed by atoms with Crippen LogP contribution in [-0.4, -0.2) is 58.0 Å². The second kappa shape index (κ2) is 7.95. The second-order valence-electron chi connectivity index (χ2n) is 8.94. The summed E-state index contributed by atoms with van der Waals surface area (Å²) in [5, 5.41) is 1.13. The number of aromatic nitrogens is 2. The minimum Gasteiger partial charge on any atom is -0.474 e. The van der Waals surface area contributed by atoms with Gasteiger partial charge in [0.1, 0.15) is 23.5 Å². The molecule has 3 rings (SSSR count). The van der Waals surface area contributed by atoms with Crippen LogP contribution in [0.3, 0.4) is 0 Å². The van der Waals surface area contributed by atoms with E-state index in [1.807, 2.05) is 47.6 Å². The van der Waals surface area contributed by atoms with Crippen molar-refractivity contribution in [3.05, 3.63) is 29.0 Å². The molecule has 1 aliphatic rings. The fraction of sp³-hybridized carbons (Fsp3) is 0.571. The summed E-state index contributed by atoms with van der Waals surface area (Å²) in [5.41, 5.74) is 0.638. The molecular formula is C21H28ClN3O4. The predicted octanol–water partition coefficient (Wildman–Crippen LogP) is 4.38. The number of rotatable bonds is 3. The summed E-state index contributed by atoms with van der Waals surface area (Å²) in [5.74, 6) is 0.411. The van der Waals surface area contributed by atoms with E-state index in [1.54, 1.807) is 17.2 Å². The van der Waals surface area contributed by atoms with Gasteiger partial charge >= 0.3 is 6.09 Å². The van der Waals surface area contributed by atoms with Gasteiger partial charge in [0.25, 0.3) is 0 Å². The van der Waals surface area contributed by atoms with Crippen LogP contribution in [0.25, 0.3) is 10.9 Å². The molecule has 0 bridgehead atoms. The third-order valence-electron chi connectivity index (χ3n) is 4.41. The molecule has 0 aliphatic carbocycles. The van der Waals surface area contributed by atoms with Gasteiger partial charge < -0.3 is 19.1 Å². The number of nitrogens with zero attached hydrogens (tertiary/aromatic N) is 3. The summed E-state index contributed by atoms with van der Waals surface area (Å²) in [4.78, 5) is 22.9. The first-order chi connectivity index (χ1) is 13.4. The normalized spacial score (nSPS) is 19.3. The third-order valence-corrected chi connectivity index (χ3v) is 4.60. The molecule has 0 aromatic carbocycles. The zero-order chi connectivity index (χ0) is 21.4. The van der Waals surface area contributed by atoms with Crippen LogP contribution < -0.4 is 4.74 Å². The summed E-state index contributed by atoms with van der Waals surface area (Å²) >= 11 is 6.14. The summed E-state index contributed by atoms with van der Waals surface area (Å²) < 4.78 is 17.7. The van der Waals surface area contributed by atoms with Gasteiger partial charge in [0.2, 0.25) is 5.88 Å². The van der Waals surface area contributed by atoms with Crippen molar-refractivity contribution in [2.75, 3.05) is 19.7 Å². The maximum Gasteiger partial charge on any atom is 0.410 e. The Morgan fingerprint density at radius 3 is 2.83 bits per heavy atom. The molecule has 0 spiro atoms. The summed E-state index contributed by atoms with van der Waals surface area (Å²) in [6.07, 6.45) is 1.04. The van der Waals surface area contributed by atoms with Gasteiger partial charge in [0.05, 0.1) is 29.6 Å². The molecule has 158 valence electrons. The Hall–Kier alpha value is -2.12. The molecular weight excluding hydrogens is 394 g/mol. The monoisotopic (exact) mass is 421 g/mol. The molecule has 0 radical (unpaired) electrons. The first kappa shape index (κ1) is 21.6. The maximum absolute atomic E-state index is 12.6. The van der Waals surface area contributed by atoms with Gasteiger partial charge in [0, 0.05) is 12.3 Å². The third kappa shape index (κ3) is 5.48. The molecule has 2 aromatic heterocycles. The Labute approximate surface area is 176 Å². The quantitative estimate of drug-likeness (QED) is 0.684. The van der Waals surface area contributed by atoms with Crippen molar-refractivity contribution in [1.29, 1.82) is 0 Å². The first-order valence-electron chi connectivity index (χ1n) is 9.64. The van der Waals surface area contributed by atoms with Gasteiger partial charge in [-0.2, -0.15) is 0 Å². The maximum atomic E-state index is 12.6. The van der Waals surface area contributed by atoms with E-state index in [0.717, 1.165) is 16.5 Å². The van der Waals surface area contributed by atoms with Crippen LogP contribution >= 0.6 is 11.6 Å². The van der Waals surface area contributed by atoms with Crippen molar-refractivity contribution in [3.63, 3.8) is 0 Å². The van der Waals surface area contributed by atoms with E-state index in [0.29, 0.717) is 24.1 Å². The zero-order valence-corrected chi connectivity index (χ0v) is 18.5. The summed E-state index contributed by atoms with van der Waals surface area (Å²) in [7, 11) is 0. The summed E-state index contributed by atoms with van der Waals surface area (Å²) in [6, 6.07) is 3.61. The number of carbonyl (C=O) groups is 1. The number of halogens is 1. The highest BCUT2D eigenvalue weighted by Gasteiger charge is 2.37. The second-order valence-corrected chi connectivity index (χ2v) is 9.33. The number of morpholine rings is 1. The van der Waals surface area contributed by atoms with E-state index in [2.05, 4.69) is 9.97 Å². The average Bonchev–Trinajstić information content (AvgIpc) is 2.56. The van der Waals surface area contributed by atoms with Crippen LogP contribution in [0, 0.1) is 6.92 Å². The van der Waals surface area contributed by atoms with Gasteiger partial charge in [-0.15, -0.1) is 0 Å². The van der Waals surface area contributed by atoms with Crippen molar-refractivity contribution >= 4 is 28.6 Å². The highest BCUT2D eigenvalue weighted by molar-refractivity contribution is 6.30. The highest BCUT2D eigenvalue weighted by Crippen LogP contribution is 2.29. The van der Waals surface area contributed by atoms with Gasteiger partial charge in [-0.1, -0.05) is 11.6 Å². The van der Waals surface area contributed by atoms with Crippen LogP contribution in [0.2, 0.25) is 5.15 Å². The fourth-order valence-corrected chi connectivity index (χ4v) is 3.57. The molecule has 0 unspecified atom stereocenters. The number of fused-ring (bicyclic) bond motifs is 1. The largest absolute Gasteiger partial charge is 0.474 e. The van der Waals surface area contributed by atoms with Crippen molar-refractivity contribution in [2.24, 2.45) is 0 Å². The predicted molar refractivity (Wildman–Crippen MR) is 112 cm³/mol. The molecule has 1 aliphatic heterocycles. The smallest absolute Gasteiger partial charge is 0.410 e. The number of aryl methyl sites for hydroxylation is 1. The van der Waals surface area contributed by atoms with Crippen LogP contribution in [0.1, 0.15) is 40.2 Å². The Morgan fingerprint density at radius 2 is 2.14 bits per heavy atom. The molecule has 7 nitrogen and oxygen atoms in total. The van der Waals surface area contributed by atoms with Crippen LogP contribution in [-0.2, 0) is 9.47 Å². The van der Waals surface area contributed by atoms with E-state index >= 15 is 0 Å². The van der Waals surface area contributed by atoms with Crippen LogP contribution in [0.15, 0.2) is 18.3 Å². The fourth-order valence-electron chi connectivity index (χ4n) is 3.39. The molecule has 29 heavy (non-hydrogen) atoms. The topological polar surface area (TPSA) is 73.8 Å². The standard InChI is InChI=1S/C21H28ClN3O4/c1-13-7-8-23-15-9-16(22)24-18(17(13)15)27-11-14-10-25(12-21(5,6)28-14)19(26)29-20(2,3)4/h7-9,14H,10-12H2,1-6H3/t14-/m0/s1. The molecule has 1 amide bonds. The van der Waals surface area contributed by atoms with Crippen molar-refractivity contribution in [3.8, 4) is 5.88 Å². The number of ether oxygens (including phenoxy) is 3. The number of hydrogen-bond donors (Lipinski definition) is 0. The van der Waals surface area contributed by atoms with E-state index in [9.17, 15) is 4.79 Å². The van der Waals surface area contributed by atoms with Gasteiger partial charge in [0.15, 0.2) is 0 Å². The minimum absolute atomic E-state index is 0.222. The number of pyridine rings is 2. The first-order valence-corrected chi connectivity index (χ1v) is 10.0. The Morgan fingerprint density at radius 1 is 1.41 bits per heavy atom. The van der Waals surface area contributed by atoms with Gasteiger partial charge in [-0.25, -0.2) is 9.78 Å². The van der Waals surface area contributed by atoms with E-state index in [1.165, 1.54) is 0 Å². The SMILES string of the molecule is Cc1ccnc2cc(Cl)nc(OC[C@@H]3CN(C(=O)OC(C)(C)C)CC(C)(C)O3)c12. The highest BCUT2D eigenvalue weighted by atomic mass is 35.5. The van der Waals surface area contributed by atoms with Crippen LogP contribution in [0.5, 0.6) is 5.88 Å². The molecule has 1 fully saturated rings. The number of amides is 1. The molecule has 0 saturated carbocycles. The van der Waals surface area contributed by atoms with Crippen molar-refractivity contribution < 1.29 is 19.0 Å². The minimum atomic E-state index is -0.556. The zero-order valence-electron chi connectivity index (χ0n) is 17.8. The lowest BCUT2D eigenvalue weighted by Crippen LogP contribution is -2.56. The molecule has 2 aromatic rings. The Bertz CT molecular complexity index is 911. The van der Waals surface area contributed by atoms with Gasteiger partial charge in [-0.05, 0) is 53.2 Å². The lowest BCUT2D eigenvalue weighted by molar-refractivity contribution is -0.143. The lowest BCUT2D eigenvalue weighted by atomic mass is 10.1. The number of carbonyl (C=O) groups excluding carboxylic acids is 1. The molecule has 1 saturated heterocycles. The summed E-state index contributed by atoms with van der Waals surface area (Å²) in [6.45, 7) is 12.4. The lowest BCUT2D eigenvalue weighted by Gasteiger charge is -2.42. The Kier molecular flexibility index (Phi) is 5.92. The van der Waals surface area contributed by atoms with Gasteiger partial charge in [-0.3, -0.25) is 4.98 Å². The molecule has 8 heteroatoms. The Balaban J connectivity index is 1.76. The molecule has 0 N–H and O–H groups in total. The van der Waals surface area contributed by atoms with E-state index in [-0.39, 0.29) is 18.8 Å². The van der Waals surface area contributed by atoms with E-state index < -0.39 is 11.2 Å². The molecule has 3 heterocycles. The van der Waals surface area contributed by atoms with Crippen LogP contribution in [0.4, 0.5) is 4.79 Å². The average molecular weight is 422 g/mol. The number of hydrogen-bond acceptors (Lipinski definition) is 6. The molecule has 1 atom stereocenters. The van der Waals surface area contributed by atoms with E-state index in [4.69, 9.17) is 25.8 Å².